The van der Waals surface area contributed by atoms with Gasteiger partial charge >= 0.3 is 0 Å². The van der Waals surface area contributed by atoms with Gasteiger partial charge < -0.3 is 9.80 Å². The van der Waals surface area contributed by atoms with Crippen molar-refractivity contribution in [2.24, 2.45) is 5.92 Å². The fraction of sp³-hybridized carbons (Fsp3) is 0.500. The maximum absolute atomic E-state index is 12.3. The molecule has 6 heteroatoms. The van der Waals surface area contributed by atoms with Crippen LogP contribution in [-0.2, 0) is 4.79 Å². The minimum Gasteiger partial charge on any atom is -0.339 e. The molecule has 5 nitrogen and oxygen atoms in total. The van der Waals surface area contributed by atoms with E-state index in [-0.39, 0.29) is 17.7 Å². The summed E-state index contributed by atoms with van der Waals surface area (Å²) in [6, 6.07) is 3.51. The molecule has 2 amide bonds. The van der Waals surface area contributed by atoms with Crippen molar-refractivity contribution in [2.45, 2.75) is 13.8 Å². The number of hydrogen-bond acceptors (Lipinski definition) is 3. The van der Waals surface area contributed by atoms with E-state index < -0.39 is 0 Å². The maximum Gasteiger partial charge on any atom is 0.272 e. The summed E-state index contributed by atoms with van der Waals surface area (Å²) in [6.07, 6.45) is 1.62. The van der Waals surface area contributed by atoms with E-state index in [2.05, 4.69) is 20.9 Å². The largest absolute Gasteiger partial charge is 0.339 e. The number of amides is 2. The van der Waals surface area contributed by atoms with Crippen molar-refractivity contribution in [2.75, 3.05) is 26.2 Å². The highest BCUT2D eigenvalue weighted by Crippen LogP contribution is 2.12. The predicted molar refractivity (Wildman–Crippen MR) is 79.3 cm³/mol. The third-order valence-corrected chi connectivity index (χ3v) is 3.79. The van der Waals surface area contributed by atoms with Crippen LogP contribution in [0, 0.1) is 5.92 Å². The molecule has 0 atom stereocenters. The van der Waals surface area contributed by atoms with Crippen LogP contribution < -0.4 is 0 Å². The lowest BCUT2D eigenvalue weighted by molar-refractivity contribution is -0.135. The van der Waals surface area contributed by atoms with Crippen LogP contribution >= 0.6 is 15.9 Å². The second-order valence-corrected chi connectivity index (χ2v) is 6.05. The number of aromatic nitrogens is 1. The normalized spacial score (nSPS) is 15.6. The summed E-state index contributed by atoms with van der Waals surface area (Å²) in [4.78, 5) is 31.8. The molecule has 0 spiro atoms. The summed E-state index contributed by atoms with van der Waals surface area (Å²) in [7, 11) is 0. The number of carbonyl (C=O) groups excluding carboxylic acids is 2. The maximum atomic E-state index is 12.3. The third-order valence-electron chi connectivity index (χ3n) is 3.32. The lowest BCUT2D eigenvalue weighted by Gasteiger charge is -2.35. The van der Waals surface area contributed by atoms with Crippen LogP contribution in [-0.4, -0.2) is 52.8 Å². The molecule has 0 unspecified atom stereocenters. The van der Waals surface area contributed by atoms with E-state index in [0.717, 1.165) is 4.47 Å². The molecule has 1 aromatic rings. The Morgan fingerprint density at radius 1 is 1.15 bits per heavy atom. The van der Waals surface area contributed by atoms with Crippen LogP contribution in [0.25, 0.3) is 0 Å². The molecular formula is C14H18BrN3O2. The molecule has 1 fully saturated rings. The van der Waals surface area contributed by atoms with Gasteiger partial charge in [-0.15, -0.1) is 0 Å². The molecule has 0 saturated carbocycles. The van der Waals surface area contributed by atoms with Crippen molar-refractivity contribution < 1.29 is 9.59 Å². The Hall–Kier alpha value is -1.43. The molecular weight excluding hydrogens is 322 g/mol. The van der Waals surface area contributed by atoms with Crippen molar-refractivity contribution in [1.29, 1.82) is 0 Å². The van der Waals surface area contributed by atoms with Gasteiger partial charge in [-0.05, 0) is 28.1 Å². The summed E-state index contributed by atoms with van der Waals surface area (Å²) < 4.78 is 0.849. The number of nitrogens with zero attached hydrogens (tertiary/aromatic N) is 3. The molecule has 1 aromatic heterocycles. The Balaban J connectivity index is 1.95. The van der Waals surface area contributed by atoms with Gasteiger partial charge in [0.2, 0.25) is 5.91 Å². The summed E-state index contributed by atoms with van der Waals surface area (Å²) in [6.45, 7) is 6.11. The standard InChI is InChI=1S/C14H18BrN3O2/c1-10(2)13(19)17-5-7-18(8-6-17)14(20)12-4-3-11(15)9-16-12/h3-4,9-10H,5-8H2,1-2H3. The van der Waals surface area contributed by atoms with Gasteiger partial charge in [-0.2, -0.15) is 0 Å². The van der Waals surface area contributed by atoms with Crippen molar-refractivity contribution in [3.8, 4) is 0 Å². The Kier molecular flexibility index (Phi) is 4.75. The molecule has 0 radical (unpaired) electrons. The van der Waals surface area contributed by atoms with E-state index >= 15 is 0 Å². The fourth-order valence-corrected chi connectivity index (χ4v) is 2.39. The molecule has 20 heavy (non-hydrogen) atoms. The van der Waals surface area contributed by atoms with Crippen LogP contribution in [0.15, 0.2) is 22.8 Å². The monoisotopic (exact) mass is 339 g/mol. The summed E-state index contributed by atoms with van der Waals surface area (Å²) >= 11 is 3.30. The highest BCUT2D eigenvalue weighted by Gasteiger charge is 2.26. The van der Waals surface area contributed by atoms with Crippen molar-refractivity contribution in [3.05, 3.63) is 28.5 Å². The van der Waals surface area contributed by atoms with Gasteiger partial charge in [0.25, 0.3) is 5.91 Å². The molecule has 0 N–H and O–H groups in total. The molecule has 0 aromatic carbocycles. The van der Waals surface area contributed by atoms with E-state index in [4.69, 9.17) is 0 Å². The van der Waals surface area contributed by atoms with Crippen LogP contribution in [0.5, 0.6) is 0 Å². The topological polar surface area (TPSA) is 53.5 Å². The van der Waals surface area contributed by atoms with Gasteiger partial charge in [-0.3, -0.25) is 9.59 Å². The number of pyridine rings is 1. The summed E-state index contributed by atoms with van der Waals surface area (Å²) in [5, 5.41) is 0. The molecule has 0 bridgehead atoms. The Morgan fingerprint density at radius 3 is 2.25 bits per heavy atom. The van der Waals surface area contributed by atoms with Crippen molar-refractivity contribution in [1.82, 2.24) is 14.8 Å². The van der Waals surface area contributed by atoms with Gasteiger partial charge in [0, 0.05) is 42.8 Å². The first-order valence-electron chi connectivity index (χ1n) is 6.68. The van der Waals surface area contributed by atoms with E-state index in [0.29, 0.717) is 31.9 Å². The molecule has 1 aliphatic rings. The van der Waals surface area contributed by atoms with Crippen LogP contribution in [0.3, 0.4) is 0 Å². The number of hydrogen-bond donors (Lipinski definition) is 0. The third kappa shape index (κ3) is 3.36. The number of halogens is 1. The molecule has 1 aliphatic heterocycles. The average molecular weight is 340 g/mol. The number of carbonyl (C=O) groups is 2. The minimum absolute atomic E-state index is 0.00499. The highest BCUT2D eigenvalue weighted by molar-refractivity contribution is 9.10. The lowest BCUT2D eigenvalue weighted by atomic mass is 10.1. The zero-order valence-corrected chi connectivity index (χ0v) is 13.3. The van der Waals surface area contributed by atoms with Gasteiger partial charge in [0.1, 0.15) is 5.69 Å². The number of rotatable bonds is 2. The summed E-state index contributed by atoms with van der Waals surface area (Å²) in [5.41, 5.74) is 0.442. The average Bonchev–Trinajstić information content (AvgIpc) is 2.46. The Bertz CT molecular complexity index is 494. The van der Waals surface area contributed by atoms with Crippen molar-refractivity contribution >= 4 is 27.7 Å². The molecule has 108 valence electrons. The number of piperazine rings is 1. The van der Waals surface area contributed by atoms with Crippen LogP contribution in [0.4, 0.5) is 0 Å². The molecule has 1 saturated heterocycles. The molecule has 2 rings (SSSR count). The first-order valence-corrected chi connectivity index (χ1v) is 7.48. The minimum atomic E-state index is -0.0749. The van der Waals surface area contributed by atoms with E-state index in [1.165, 1.54) is 0 Å². The highest BCUT2D eigenvalue weighted by atomic mass is 79.9. The van der Waals surface area contributed by atoms with Gasteiger partial charge in [0.15, 0.2) is 0 Å². The van der Waals surface area contributed by atoms with Gasteiger partial charge in [0.05, 0.1) is 0 Å². The Morgan fingerprint density at radius 2 is 1.75 bits per heavy atom. The second kappa shape index (κ2) is 6.35. The SMILES string of the molecule is CC(C)C(=O)N1CCN(C(=O)c2ccc(Br)cn2)CC1. The fourth-order valence-electron chi connectivity index (χ4n) is 2.16. The molecule has 0 aliphatic carbocycles. The zero-order valence-electron chi connectivity index (χ0n) is 11.7. The van der Waals surface area contributed by atoms with Crippen LogP contribution in [0.1, 0.15) is 24.3 Å². The first kappa shape index (κ1) is 15.0. The first-order chi connectivity index (χ1) is 9.49. The van der Waals surface area contributed by atoms with Gasteiger partial charge in [-0.1, -0.05) is 13.8 Å². The zero-order chi connectivity index (χ0) is 14.7. The van der Waals surface area contributed by atoms with E-state index in [1.54, 1.807) is 23.2 Å². The van der Waals surface area contributed by atoms with Gasteiger partial charge in [-0.25, -0.2) is 4.98 Å². The van der Waals surface area contributed by atoms with E-state index in [9.17, 15) is 9.59 Å². The predicted octanol–water partition coefficient (Wildman–Crippen LogP) is 1.78. The smallest absolute Gasteiger partial charge is 0.272 e. The quantitative estimate of drug-likeness (QED) is 0.825. The lowest BCUT2D eigenvalue weighted by Crippen LogP contribution is -2.51. The van der Waals surface area contributed by atoms with Crippen molar-refractivity contribution in [3.63, 3.8) is 0 Å². The molecule has 2 heterocycles. The second-order valence-electron chi connectivity index (χ2n) is 5.13. The summed E-state index contributed by atoms with van der Waals surface area (Å²) in [5.74, 6) is 0.0819. The Labute approximate surface area is 127 Å². The van der Waals surface area contributed by atoms with Crippen LogP contribution in [0.2, 0.25) is 0 Å². The van der Waals surface area contributed by atoms with E-state index in [1.807, 2.05) is 18.7 Å².